The summed E-state index contributed by atoms with van der Waals surface area (Å²) in [6, 6.07) is 7.38. The normalized spacial score (nSPS) is 21.1. The van der Waals surface area contributed by atoms with Gasteiger partial charge in [0.15, 0.2) is 0 Å². The number of halogens is 1. The number of aliphatic hydroxyl groups is 1. The molecule has 1 aromatic rings. The maximum atomic E-state index is 13.6. The molecule has 1 saturated heterocycles. The second-order valence-corrected chi connectivity index (χ2v) is 4.84. The fraction of sp³-hybridized carbons (Fsp3) is 0.571. The first kappa shape index (κ1) is 13.5. The maximum absolute atomic E-state index is 13.6. The summed E-state index contributed by atoms with van der Waals surface area (Å²) in [6.45, 7) is 3.42. The number of hydrogen-bond acceptors (Lipinski definition) is 3. The number of likely N-dealkylation sites (tertiary alicyclic amines) is 1. The first-order valence-electron chi connectivity index (χ1n) is 6.59. The van der Waals surface area contributed by atoms with Crippen molar-refractivity contribution in [1.82, 2.24) is 10.2 Å². The monoisotopic (exact) mass is 252 g/mol. The Kier molecular flexibility index (Phi) is 5.11. The van der Waals surface area contributed by atoms with Gasteiger partial charge in [0.25, 0.3) is 0 Å². The van der Waals surface area contributed by atoms with Crippen LogP contribution in [0.3, 0.4) is 0 Å². The van der Waals surface area contributed by atoms with Crippen LogP contribution in [0.2, 0.25) is 0 Å². The molecule has 100 valence electrons. The standard InChI is InChI=1S/C14H21FN2O/c15-14-6-2-1-4-12(14)10-17-8-3-5-13(11-17)16-7-9-18/h1-2,4,6,13,16,18H,3,5,7-11H2. The van der Waals surface area contributed by atoms with Crippen LogP contribution in [0.15, 0.2) is 24.3 Å². The van der Waals surface area contributed by atoms with Crippen LogP contribution in [0.5, 0.6) is 0 Å². The van der Waals surface area contributed by atoms with Gasteiger partial charge in [-0.15, -0.1) is 0 Å². The lowest BCUT2D eigenvalue weighted by atomic mass is 10.0. The summed E-state index contributed by atoms with van der Waals surface area (Å²) < 4.78 is 13.6. The van der Waals surface area contributed by atoms with Gasteiger partial charge in [-0.25, -0.2) is 4.39 Å². The van der Waals surface area contributed by atoms with Gasteiger partial charge in [-0.2, -0.15) is 0 Å². The summed E-state index contributed by atoms with van der Waals surface area (Å²) in [5.74, 6) is -0.122. The molecule has 1 fully saturated rings. The van der Waals surface area contributed by atoms with Gasteiger partial charge in [0.05, 0.1) is 6.61 Å². The van der Waals surface area contributed by atoms with Gasteiger partial charge in [-0.05, 0) is 25.5 Å². The summed E-state index contributed by atoms with van der Waals surface area (Å²) >= 11 is 0. The lowest BCUT2D eigenvalue weighted by Crippen LogP contribution is -2.46. The zero-order chi connectivity index (χ0) is 12.8. The number of benzene rings is 1. The second kappa shape index (κ2) is 6.83. The zero-order valence-electron chi connectivity index (χ0n) is 10.6. The van der Waals surface area contributed by atoms with E-state index in [9.17, 15) is 4.39 Å². The number of piperidine rings is 1. The molecule has 0 radical (unpaired) electrons. The van der Waals surface area contributed by atoms with Crippen LogP contribution in [0.4, 0.5) is 4.39 Å². The van der Waals surface area contributed by atoms with Gasteiger partial charge >= 0.3 is 0 Å². The van der Waals surface area contributed by atoms with Crippen LogP contribution in [-0.2, 0) is 6.54 Å². The Balaban J connectivity index is 1.87. The molecule has 2 rings (SSSR count). The van der Waals surface area contributed by atoms with E-state index in [1.165, 1.54) is 6.07 Å². The van der Waals surface area contributed by atoms with Crippen molar-refractivity contribution < 1.29 is 9.50 Å². The molecule has 1 aliphatic rings. The summed E-state index contributed by atoms with van der Waals surface area (Å²) in [7, 11) is 0. The van der Waals surface area contributed by atoms with Crippen molar-refractivity contribution in [2.45, 2.75) is 25.4 Å². The molecule has 1 aliphatic heterocycles. The Bertz CT molecular complexity index is 373. The molecule has 1 atom stereocenters. The molecule has 1 unspecified atom stereocenters. The molecular formula is C14H21FN2O. The number of hydrogen-bond donors (Lipinski definition) is 2. The number of nitrogens with zero attached hydrogens (tertiary/aromatic N) is 1. The molecular weight excluding hydrogens is 231 g/mol. The molecule has 1 aromatic carbocycles. The predicted molar refractivity (Wildman–Crippen MR) is 69.8 cm³/mol. The Morgan fingerprint density at radius 3 is 3.00 bits per heavy atom. The van der Waals surface area contributed by atoms with E-state index in [1.54, 1.807) is 6.07 Å². The third-order valence-electron chi connectivity index (χ3n) is 3.40. The summed E-state index contributed by atoms with van der Waals surface area (Å²) in [6.07, 6.45) is 2.26. The van der Waals surface area contributed by atoms with E-state index in [1.807, 2.05) is 12.1 Å². The van der Waals surface area contributed by atoms with Crippen LogP contribution in [0.1, 0.15) is 18.4 Å². The highest BCUT2D eigenvalue weighted by atomic mass is 19.1. The van der Waals surface area contributed by atoms with Crippen molar-refractivity contribution >= 4 is 0 Å². The summed E-state index contributed by atoms with van der Waals surface area (Å²) in [5, 5.41) is 12.1. The molecule has 18 heavy (non-hydrogen) atoms. The Morgan fingerprint density at radius 1 is 1.39 bits per heavy atom. The Labute approximate surface area is 108 Å². The van der Waals surface area contributed by atoms with Crippen LogP contribution in [0, 0.1) is 5.82 Å². The number of nitrogens with one attached hydrogen (secondary N) is 1. The van der Waals surface area contributed by atoms with Crippen LogP contribution in [0.25, 0.3) is 0 Å². The fourth-order valence-corrected chi connectivity index (χ4v) is 2.50. The van der Waals surface area contributed by atoms with Gasteiger partial charge < -0.3 is 10.4 Å². The lowest BCUT2D eigenvalue weighted by Gasteiger charge is -2.33. The topological polar surface area (TPSA) is 35.5 Å². The molecule has 0 aromatic heterocycles. The molecule has 0 spiro atoms. The summed E-state index contributed by atoms with van der Waals surface area (Å²) in [5.41, 5.74) is 0.764. The first-order chi connectivity index (χ1) is 8.79. The first-order valence-corrected chi connectivity index (χ1v) is 6.59. The van der Waals surface area contributed by atoms with Crippen molar-refractivity contribution in [1.29, 1.82) is 0 Å². The fourth-order valence-electron chi connectivity index (χ4n) is 2.50. The average molecular weight is 252 g/mol. The van der Waals surface area contributed by atoms with E-state index in [0.717, 1.165) is 31.5 Å². The SMILES string of the molecule is OCCNC1CCCN(Cc2ccccc2F)C1. The molecule has 2 N–H and O–H groups in total. The molecule has 1 heterocycles. The van der Waals surface area contributed by atoms with E-state index in [4.69, 9.17) is 5.11 Å². The highest BCUT2D eigenvalue weighted by Gasteiger charge is 2.19. The minimum absolute atomic E-state index is 0.122. The molecule has 0 bridgehead atoms. The van der Waals surface area contributed by atoms with E-state index in [-0.39, 0.29) is 12.4 Å². The van der Waals surface area contributed by atoms with Gasteiger partial charge in [0.2, 0.25) is 0 Å². The molecule has 0 saturated carbocycles. The van der Waals surface area contributed by atoms with Crippen molar-refractivity contribution in [3.05, 3.63) is 35.6 Å². The van der Waals surface area contributed by atoms with Gasteiger partial charge in [-0.3, -0.25) is 4.90 Å². The Morgan fingerprint density at radius 2 is 2.22 bits per heavy atom. The quantitative estimate of drug-likeness (QED) is 0.831. The molecule has 3 nitrogen and oxygen atoms in total. The minimum atomic E-state index is -0.122. The molecule has 0 amide bonds. The lowest BCUT2D eigenvalue weighted by molar-refractivity contribution is 0.175. The highest BCUT2D eigenvalue weighted by molar-refractivity contribution is 5.17. The van der Waals surface area contributed by atoms with Gasteiger partial charge in [0, 0.05) is 31.2 Å². The van der Waals surface area contributed by atoms with E-state index < -0.39 is 0 Å². The van der Waals surface area contributed by atoms with Crippen molar-refractivity contribution in [2.24, 2.45) is 0 Å². The van der Waals surface area contributed by atoms with Crippen LogP contribution < -0.4 is 5.32 Å². The van der Waals surface area contributed by atoms with Gasteiger partial charge in [-0.1, -0.05) is 18.2 Å². The minimum Gasteiger partial charge on any atom is -0.395 e. The van der Waals surface area contributed by atoms with E-state index in [0.29, 0.717) is 19.1 Å². The summed E-state index contributed by atoms with van der Waals surface area (Å²) in [4.78, 5) is 2.27. The predicted octanol–water partition coefficient (Wildman–Crippen LogP) is 1.37. The maximum Gasteiger partial charge on any atom is 0.127 e. The third kappa shape index (κ3) is 3.77. The third-order valence-corrected chi connectivity index (χ3v) is 3.40. The van der Waals surface area contributed by atoms with Crippen molar-refractivity contribution in [3.8, 4) is 0 Å². The second-order valence-electron chi connectivity index (χ2n) is 4.84. The van der Waals surface area contributed by atoms with Crippen molar-refractivity contribution in [3.63, 3.8) is 0 Å². The zero-order valence-corrected chi connectivity index (χ0v) is 10.6. The highest BCUT2D eigenvalue weighted by Crippen LogP contribution is 2.15. The molecule has 4 heteroatoms. The van der Waals surface area contributed by atoms with E-state index in [2.05, 4.69) is 10.2 Å². The largest absolute Gasteiger partial charge is 0.395 e. The van der Waals surface area contributed by atoms with Crippen LogP contribution in [-0.4, -0.2) is 42.3 Å². The van der Waals surface area contributed by atoms with Crippen molar-refractivity contribution in [2.75, 3.05) is 26.2 Å². The van der Waals surface area contributed by atoms with Gasteiger partial charge in [0.1, 0.15) is 5.82 Å². The van der Waals surface area contributed by atoms with Crippen LogP contribution >= 0.6 is 0 Å². The number of aliphatic hydroxyl groups excluding tert-OH is 1. The number of rotatable bonds is 5. The Hall–Kier alpha value is -0.970. The molecule has 0 aliphatic carbocycles. The van der Waals surface area contributed by atoms with E-state index >= 15 is 0 Å². The smallest absolute Gasteiger partial charge is 0.127 e. The average Bonchev–Trinajstić information content (AvgIpc) is 2.40.